The molecule has 0 atom stereocenters. The molecule has 0 saturated carbocycles. The number of carbonyl (C=O) groups excluding carboxylic acids is 1. The number of carbonyl (C=O) groups is 2. The molecule has 0 fully saturated rings. The topological polar surface area (TPSA) is 63.6 Å². The second kappa shape index (κ2) is 26.2. The van der Waals surface area contributed by atoms with Gasteiger partial charge in [-0.1, -0.05) is 116 Å². The van der Waals surface area contributed by atoms with Crippen LogP contribution < -0.4 is 0 Å². The SMILES string of the molecule is CCCCCCCCCCCCCCCCCCCCOC(=O)CCC(=O)O.[Ca+2].[H-].[H-]. The van der Waals surface area contributed by atoms with Crippen LogP contribution in [0, 0.1) is 0 Å². The summed E-state index contributed by atoms with van der Waals surface area (Å²) in [6, 6.07) is 0. The zero-order valence-corrected chi connectivity index (χ0v) is 21.4. The largest absolute Gasteiger partial charge is 2.00 e. The third kappa shape index (κ3) is 28.2. The molecular weight excluding hydrogens is 392 g/mol. The van der Waals surface area contributed by atoms with Crippen molar-refractivity contribution >= 4 is 49.7 Å². The maximum atomic E-state index is 11.2. The molecule has 0 amide bonds. The number of ether oxygens (including phenoxy) is 1. The van der Waals surface area contributed by atoms with Crippen molar-refractivity contribution < 1.29 is 22.3 Å². The third-order valence-electron chi connectivity index (χ3n) is 5.30. The van der Waals surface area contributed by atoms with Crippen LogP contribution in [0.1, 0.15) is 138 Å². The molecule has 0 unspecified atom stereocenters. The van der Waals surface area contributed by atoms with Crippen LogP contribution in [-0.4, -0.2) is 61.4 Å². The second-order valence-corrected chi connectivity index (χ2v) is 8.12. The summed E-state index contributed by atoms with van der Waals surface area (Å²) in [5.41, 5.74) is 0. The minimum Gasteiger partial charge on any atom is -1.00 e. The van der Waals surface area contributed by atoms with Gasteiger partial charge in [-0.05, 0) is 6.42 Å². The molecule has 0 aliphatic rings. The van der Waals surface area contributed by atoms with Crippen LogP contribution in [0.15, 0.2) is 0 Å². The Labute approximate surface area is 212 Å². The Morgan fingerprint density at radius 3 is 1.31 bits per heavy atom. The van der Waals surface area contributed by atoms with Gasteiger partial charge in [0.05, 0.1) is 19.4 Å². The molecule has 0 saturated heterocycles. The van der Waals surface area contributed by atoms with Crippen LogP contribution >= 0.6 is 0 Å². The van der Waals surface area contributed by atoms with Crippen LogP contribution in [-0.2, 0) is 14.3 Å². The van der Waals surface area contributed by atoms with Gasteiger partial charge in [0.2, 0.25) is 0 Å². The van der Waals surface area contributed by atoms with Crippen molar-refractivity contribution in [2.24, 2.45) is 0 Å². The predicted molar refractivity (Wildman–Crippen MR) is 125 cm³/mol. The van der Waals surface area contributed by atoms with Gasteiger partial charge in [-0.15, -0.1) is 0 Å². The maximum absolute atomic E-state index is 11.2. The molecule has 0 aliphatic heterocycles. The van der Waals surface area contributed by atoms with Gasteiger partial charge in [-0.2, -0.15) is 0 Å². The molecule has 0 aliphatic carbocycles. The van der Waals surface area contributed by atoms with Gasteiger partial charge in [-0.25, -0.2) is 0 Å². The summed E-state index contributed by atoms with van der Waals surface area (Å²) in [5.74, 6) is -1.35. The summed E-state index contributed by atoms with van der Waals surface area (Å²) in [5, 5.41) is 8.49. The Balaban J connectivity index is -0.00000121. The van der Waals surface area contributed by atoms with Gasteiger partial charge < -0.3 is 12.7 Å². The van der Waals surface area contributed by atoms with E-state index in [0.29, 0.717) is 6.61 Å². The van der Waals surface area contributed by atoms with Crippen molar-refractivity contribution in [3.8, 4) is 0 Å². The molecule has 0 heterocycles. The van der Waals surface area contributed by atoms with Crippen LogP contribution in [0.5, 0.6) is 0 Å². The van der Waals surface area contributed by atoms with Gasteiger partial charge in [0, 0.05) is 0 Å². The minimum absolute atomic E-state index is 0. The first-order chi connectivity index (χ1) is 13.7. The molecule has 4 nitrogen and oxygen atoms in total. The average molecular weight is 441 g/mol. The zero-order valence-electron chi connectivity index (χ0n) is 21.2. The molecular formula is C24H48CaO4. The fourth-order valence-corrected chi connectivity index (χ4v) is 3.47. The van der Waals surface area contributed by atoms with Gasteiger partial charge in [0.15, 0.2) is 0 Å². The summed E-state index contributed by atoms with van der Waals surface area (Å²) in [7, 11) is 0. The molecule has 0 spiro atoms. The van der Waals surface area contributed by atoms with E-state index in [9.17, 15) is 9.59 Å². The van der Waals surface area contributed by atoms with Gasteiger partial charge in [0.25, 0.3) is 0 Å². The standard InChI is InChI=1S/C24H46O4.Ca.2H/c1-2-3-4-5-6-7-8-9-10-11-12-13-14-15-16-17-18-19-22-28-24(27)21-20-23(25)26;;;/h2-22H2,1H3,(H,25,26);;;/q;+2;2*-1. The quantitative estimate of drug-likeness (QED) is 0.109. The molecule has 0 aromatic carbocycles. The molecule has 0 rings (SSSR count). The number of carboxylic acids is 1. The number of rotatable bonds is 22. The molecule has 5 heteroatoms. The first-order valence-corrected chi connectivity index (χ1v) is 12.0. The number of esters is 1. The number of carboxylic acid groups (broad SMARTS) is 1. The van der Waals surface area contributed by atoms with Gasteiger partial charge in [-0.3, -0.25) is 9.59 Å². The molecule has 0 aromatic rings. The van der Waals surface area contributed by atoms with Gasteiger partial charge >= 0.3 is 49.7 Å². The van der Waals surface area contributed by atoms with E-state index >= 15 is 0 Å². The second-order valence-electron chi connectivity index (χ2n) is 8.12. The Morgan fingerprint density at radius 1 is 0.621 bits per heavy atom. The van der Waals surface area contributed by atoms with E-state index in [0.717, 1.165) is 12.8 Å². The first kappa shape index (κ1) is 31.4. The molecule has 0 bridgehead atoms. The summed E-state index contributed by atoms with van der Waals surface area (Å²) in [4.78, 5) is 21.6. The van der Waals surface area contributed by atoms with Crippen molar-refractivity contribution in [1.29, 1.82) is 0 Å². The van der Waals surface area contributed by atoms with Crippen LogP contribution in [0.2, 0.25) is 0 Å². The molecule has 0 aromatic heterocycles. The summed E-state index contributed by atoms with van der Waals surface area (Å²) in [6.45, 7) is 2.70. The van der Waals surface area contributed by atoms with E-state index in [1.165, 1.54) is 103 Å². The van der Waals surface area contributed by atoms with E-state index in [2.05, 4.69) is 6.92 Å². The number of hydrogen-bond donors (Lipinski definition) is 1. The number of unbranched alkanes of at least 4 members (excludes halogenated alkanes) is 17. The molecule has 170 valence electrons. The monoisotopic (exact) mass is 440 g/mol. The maximum Gasteiger partial charge on any atom is 2.00 e. The predicted octanol–water partition coefficient (Wildman–Crippen LogP) is 7.28. The Bertz CT molecular complexity index is 371. The summed E-state index contributed by atoms with van der Waals surface area (Å²) in [6.07, 6.45) is 23.9. The Hall–Kier alpha value is 0.200. The van der Waals surface area contributed by atoms with Crippen molar-refractivity contribution in [3.05, 3.63) is 0 Å². The molecule has 29 heavy (non-hydrogen) atoms. The van der Waals surface area contributed by atoms with Gasteiger partial charge in [0.1, 0.15) is 0 Å². The number of hydrogen-bond acceptors (Lipinski definition) is 3. The van der Waals surface area contributed by atoms with Crippen molar-refractivity contribution in [3.63, 3.8) is 0 Å². The first-order valence-electron chi connectivity index (χ1n) is 12.0. The molecule has 1 N–H and O–H groups in total. The minimum atomic E-state index is -0.954. The van der Waals surface area contributed by atoms with E-state index in [-0.39, 0.29) is 53.4 Å². The van der Waals surface area contributed by atoms with Crippen molar-refractivity contribution in [2.45, 2.75) is 135 Å². The smallest absolute Gasteiger partial charge is 1.00 e. The summed E-state index contributed by atoms with van der Waals surface area (Å²) < 4.78 is 5.02. The Morgan fingerprint density at radius 2 is 0.966 bits per heavy atom. The zero-order chi connectivity index (χ0) is 20.7. The third-order valence-corrected chi connectivity index (χ3v) is 5.30. The van der Waals surface area contributed by atoms with Crippen molar-refractivity contribution in [1.82, 2.24) is 0 Å². The fourth-order valence-electron chi connectivity index (χ4n) is 3.47. The van der Waals surface area contributed by atoms with E-state index < -0.39 is 11.9 Å². The summed E-state index contributed by atoms with van der Waals surface area (Å²) >= 11 is 0. The average Bonchev–Trinajstić information content (AvgIpc) is 2.68. The van der Waals surface area contributed by atoms with E-state index in [1.807, 2.05) is 0 Å². The number of aliphatic carboxylic acids is 1. The normalized spacial score (nSPS) is 10.5. The van der Waals surface area contributed by atoms with Crippen LogP contribution in [0.3, 0.4) is 0 Å². The van der Waals surface area contributed by atoms with Crippen LogP contribution in [0.25, 0.3) is 0 Å². The van der Waals surface area contributed by atoms with E-state index in [4.69, 9.17) is 9.84 Å². The molecule has 0 radical (unpaired) electrons. The Kier molecular flexibility index (Phi) is 28.4. The van der Waals surface area contributed by atoms with Crippen LogP contribution in [0.4, 0.5) is 0 Å². The fraction of sp³-hybridized carbons (Fsp3) is 0.917. The van der Waals surface area contributed by atoms with Crippen molar-refractivity contribution in [2.75, 3.05) is 6.61 Å². The van der Waals surface area contributed by atoms with E-state index in [1.54, 1.807) is 0 Å².